The number of guanidine groups is 1. The Balaban J connectivity index is 1.81. The first kappa shape index (κ1) is 28.9. The van der Waals surface area contributed by atoms with E-state index in [1.54, 1.807) is 0 Å². The Morgan fingerprint density at radius 1 is 0.857 bits per heavy atom. The molecule has 0 amide bonds. The third kappa shape index (κ3) is 6.36. The highest BCUT2D eigenvalue weighted by atomic mass is 19.1. The van der Waals surface area contributed by atoms with Gasteiger partial charge in [0.15, 0.2) is 29.0 Å². The lowest BCUT2D eigenvalue weighted by molar-refractivity contribution is 0.0600. The van der Waals surface area contributed by atoms with Crippen LogP contribution in [0.15, 0.2) is 60.7 Å². The van der Waals surface area contributed by atoms with Gasteiger partial charge in [0.1, 0.15) is 11.6 Å². The molecule has 9 N–H and O–H groups in total. The molecule has 0 spiro atoms. The Kier molecular flexibility index (Phi) is 8.22. The summed E-state index contributed by atoms with van der Waals surface area (Å²) in [6.45, 7) is 0. The Hall–Kier alpha value is -6.12. The molecule has 42 heavy (non-hydrogen) atoms. The summed E-state index contributed by atoms with van der Waals surface area (Å²) in [6.07, 6.45) is 0. The number of benzene rings is 3. The minimum atomic E-state index is -1.50. The maximum Gasteiger partial charge on any atom is 0.337 e. The highest BCUT2D eigenvalue weighted by Crippen LogP contribution is 2.42. The number of phenols is 2. The average Bonchev–Trinajstić information content (AvgIpc) is 2.94. The monoisotopic (exact) mass is 580 g/mol. The first-order valence-electron chi connectivity index (χ1n) is 11.7. The van der Waals surface area contributed by atoms with Gasteiger partial charge in [-0.1, -0.05) is 6.07 Å². The number of ether oxygens (including phenoxy) is 4. The number of phenolic OH excluding ortho intramolecular Hbond substituents is 2. The van der Waals surface area contributed by atoms with Crippen molar-refractivity contribution < 1.29 is 42.7 Å². The Bertz CT molecular complexity index is 1720. The summed E-state index contributed by atoms with van der Waals surface area (Å²) in [4.78, 5) is 15.5. The maximum absolute atomic E-state index is 15.7. The number of aromatic hydroxyl groups is 2. The lowest BCUT2D eigenvalue weighted by Gasteiger charge is -2.16. The molecule has 0 fully saturated rings. The molecular weight excluding hydrogens is 558 g/mol. The lowest BCUT2D eigenvalue weighted by atomic mass is 10.2. The normalized spacial score (nSPS) is 10.5. The van der Waals surface area contributed by atoms with Crippen LogP contribution in [0.25, 0.3) is 0 Å². The summed E-state index contributed by atoms with van der Waals surface area (Å²) in [6, 6.07) is 12.6. The molecule has 15 heteroatoms. The van der Waals surface area contributed by atoms with Crippen molar-refractivity contribution in [3.8, 4) is 46.3 Å². The van der Waals surface area contributed by atoms with Gasteiger partial charge < -0.3 is 45.9 Å². The summed E-state index contributed by atoms with van der Waals surface area (Å²) in [5.74, 6) is -9.44. The van der Waals surface area contributed by atoms with Gasteiger partial charge in [-0.3, -0.25) is 10.8 Å². The van der Waals surface area contributed by atoms with Crippen molar-refractivity contribution in [3.63, 3.8) is 0 Å². The van der Waals surface area contributed by atoms with Crippen LogP contribution in [0.1, 0.15) is 15.9 Å². The zero-order valence-electron chi connectivity index (χ0n) is 21.6. The van der Waals surface area contributed by atoms with Crippen molar-refractivity contribution in [1.82, 2.24) is 4.98 Å². The van der Waals surface area contributed by atoms with E-state index in [1.807, 2.05) is 0 Å². The molecule has 216 valence electrons. The minimum absolute atomic E-state index is 0.0251. The molecule has 4 rings (SSSR count). The Morgan fingerprint density at radius 2 is 1.55 bits per heavy atom. The fraction of sp³-hybridized carbons (Fsp3) is 0.0370. The van der Waals surface area contributed by atoms with Gasteiger partial charge in [-0.2, -0.15) is 13.8 Å². The Labute approximate surface area is 235 Å². The average molecular weight is 581 g/mol. The number of nitrogen functional groups attached to an aromatic ring is 1. The van der Waals surface area contributed by atoms with Gasteiger partial charge in [-0.25, -0.2) is 4.79 Å². The molecule has 0 saturated carbocycles. The molecule has 0 bridgehead atoms. The van der Waals surface area contributed by atoms with E-state index in [9.17, 15) is 15.0 Å². The highest BCUT2D eigenvalue weighted by Gasteiger charge is 2.27. The molecule has 0 saturated heterocycles. The fourth-order valence-electron chi connectivity index (χ4n) is 3.44. The van der Waals surface area contributed by atoms with E-state index in [0.717, 1.165) is 31.4 Å². The molecule has 1 heterocycles. The van der Waals surface area contributed by atoms with Gasteiger partial charge in [0.25, 0.3) is 11.8 Å². The molecule has 0 atom stereocenters. The van der Waals surface area contributed by atoms with Crippen LogP contribution in [-0.2, 0) is 4.74 Å². The van der Waals surface area contributed by atoms with E-state index in [2.05, 4.69) is 15.0 Å². The first-order valence-corrected chi connectivity index (χ1v) is 11.7. The largest absolute Gasteiger partial charge is 0.504 e. The van der Waals surface area contributed by atoms with E-state index in [4.69, 9.17) is 36.5 Å². The standard InChI is InChI=1S/C27H22F2N6O7/c1-39-26(38)13-6-8-18(17(37)9-13)41-22-20(28)24(40-15-4-2-3-14(11-15)34-27(32)33)35-25(21(22)29)42-19-10-12(23(30)31)5-7-16(19)36/h2-11,36-37H,1H3,(H3,30,31)(H4,32,33,34). The van der Waals surface area contributed by atoms with Crippen molar-refractivity contribution in [1.29, 1.82) is 10.8 Å². The number of esters is 1. The van der Waals surface area contributed by atoms with Crippen LogP contribution in [-0.4, -0.2) is 40.1 Å². The summed E-state index contributed by atoms with van der Waals surface area (Å²) in [5.41, 5.74) is 11.2. The maximum atomic E-state index is 15.7. The lowest BCUT2D eigenvalue weighted by Crippen LogP contribution is -2.20. The molecular formula is C27H22F2N6O7. The smallest absolute Gasteiger partial charge is 0.337 e. The molecule has 13 nitrogen and oxygen atoms in total. The van der Waals surface area contributed by atoms with E-state index in [-0.39, 0.29) is 28.7 Å². The number of amidine groups is 1. The number of methoxy groups -OCH3 is 1. The number of hydrogen-bond acceptors (Lipinski definition) is 10. The second-order valence-electron chi connectivity index (χ2n) is 8.32. The van der Waals surface area contributed by atoms with E-state index >= 15 is 8.78 Å². The number of nitrogens with one attached hydrogen (secondary N) is 3. The molecule has 0 aliphatic carbocycles. The predicted molar refractivity (Wildman–Crippen MR) is 145 cm³/mol. The van der Waals surface area contributed by atoms with Crippen molar-refractivity contribution in [3.05, 3.63) is 83.4 Å². The van der Waals surface area contributed by atoms with E-state index in [0.29, 0.717) is 5.69 Å². The molecule has 0 aliphatic heterocycles. The summed E-state index contributed by atoms with van der Waals surface area (Å²) in [5, 5.41) is 38.1. The molecule has 0 radical (unpaired) electrons. The van der Waals surface area contributed by atoms with Crippen molar-refractivity contribution >= 4 is 23.5 Å². The van der Waals surface area contributed by atoms with Crippen LogP contribution in [0, 0.1) is 22.5 Å². The van der Waals surface area contributed by atoms with Gasteiger partial charge in [-0.05, 0) is 48.5 Å². The van der Waals surface area contributed by atoms with Crippen molar-refractivity contribution in [2.45, 2.75) is 0 Å². The molecule has 0 aliphatic rings. The van der Waals surface area contributed by atoms with Crippen molar-refractivity contribution in [2.75, 3.05) is 12.4 Å². The number of rotatable bonds is 9. The zero-order chi connectivity index (χ0) is 30.6. The third-order valence-corrected chi connectivity index (χ3v) is 5.37. The number of anilines is 1. The summed E-state index contributed by atoms with van der Waals surface area (Å²) < 4.78 is 52.2. The molecule has 4 aromatic rings. The van der Waals surface area contributed by atoms with Gasteiger partial charge in [0.05, 0.1) is 12.7 Å². The van der Waals surface area contributed by atoms with E-state index < -0.39 is 58.1 Å². The van der Waals surface area contributed by atoms with E-state index in [1.165, 1.54) is 36.4 Å². The van der Waals surface area contributed by atoms with Crippen LogP contribution in [0.5, 0.6) is 46.3 Å². The number of nitrogens with two attached hydrogens (primary N) is 2. The predicted octanol–water partition coefficient (Wildman–Crippen LogP) is 4.52. The molecule has 0 unspecified atom stereocenters. The molecule has 1 aromatic heterocycles. The number of pyridine rings is 1. The zero-order valence-corrected chi connectivity index (χ0v) is 21.6. The Morgan fingerprint density at radius 3 is 2.19 bits per heavy atom. The van der Waals surface area contributed by atoms with Crippen LogP contribution in [0.2, 0.25) is 0 Å². The minimum Gasteiger partial charge on any atom is -0.504 e. The number of carbonyl (C=O) groups is 1. The van der Waals surface area contributed by atoms with Crippen LogP contribution in [0.4, 0.5) is 14.5 Å². The SMILES string of the molecule is COC(=O)c1ccc(Oc2c(F)c(Oc3cccc(NC(=N)N)c3)nc(Oc3cc(C(=N)N)ccc3O)c2F)c(O)c1. The van der Waals surface area contributed by atoms with Gasteiger partial charge in [-0.15, -0.1) is 0 Å². The molecule has 3 aromatic carbocycles. The number of halogens is 2. The highest BCUT2D eigenvalue weighted by molar-refractivity contribution is 5.95. The van der Waals surface area contributed by atoms with Gasteiger partial charge in [0, 0.05) is 17.3 Å². The number of hydrogen-bond donors (Lipinski definition) is 7. The quantitative estimate of drug-likeness (QED) is 0.0828. The number of aromatic nitrogens is 1. The second kappa shape index (κ2) is 12.0. The van der Waals surface area contributed by atoms with Crippen LogP contribution in [0.3, 0.4) is 0 Å². The van der Waals surface area contributed by atoms with Gasteiger partial charge >= 0.3 is 5.97 Å². The summed E-state index contributed by atoms with van der Waals surface area (Å²) in [7, 11) is 1.13. The van der Waals surface area contributed by atoms with Crippen LogP contribution >= 0.6 is 0 Å². The van der Waals surface area contributed by atoms with Crippen molar-refractivity contribution in [2.24, 2.45) is 11.5 Å². The topological polar surface area (TPSA) is 219 Å². The third-order valence-electron chi connectivity index (χ3n) is 5.37. The first-order chi connectivity index (χ1) is 20.0. The van der Waals surface area contributed by atoms with Crippen LogP contribution < -0.4 is 31.0 Å². The fourth-order valence-corrected chi connectivity index (χ4v) is 3.44. The number of nitrogens with zero attached hydrogens (tertiary/aromatic N) is 1. The van der Waals surface area contributed by atoms with Gasteiger partial charge in [0.2, 0.25) is 17.4 Å². The number of carbonyl (C=O) groups excluding carboxylic acids is 1. The second-order valence-corrected chi connectivity index (χ2v) is 8.32. The summed E-state index contributed by atoms with van der Waals surface area (Å²) >= 11 is 0.